The zero-order valence-corrected chi connectivity index (χ0v) is 14.4. The maximum atomic E-state index is 12.3. The molecule has 0 bridgehead atoms. The Kier molecular flexibility index (Phi) is 6.30. The Morgan fingerprint density at radius 2 is 1.72 bits per heavy atom. The van der Waals surface area contributed by atoms with Gasteiger partial charge in [-0.2, -0.15) is 5.26 Å². The third-order valence-corrected chi connectivity index (χ3v) is 3.82. The molecule has 2 aromatic rings. The molecular weight excluding hydrogens is 314 g/mol. The third kappa shape index (κ3) is 5.78. The van der Waals surface area contributed by atoms with Crippen molar-refractivity contribution in [2.45, 2.75) is 32.9 Å². The lowest BCUT2D eigenvalue weighted by molar-refractivity contribution is -0.122. The van der Waals surface area contributed by atoms with Gasteiger partial charge in [-0.15, -0.1) is 0 Å². The van der Waals surface area contributed by atoms with Crippen LogP contribution in [0.15, 0.2) is 48.5 Å². The first-order valence-electron chi connectivity index (χ1n) is 8.07. The molecular formula is C20H21N3O2. The number of nitrogens with zero attached hydrogens (tertiary/aromatic N) is 1. The molecule has 0 saturated heterocycles. The largest absolute Gasteiger partial charge is 0.352 e. The fourth-order valence-electron chi connectivity index (χ4n) is 2.45. The van der Waals surface area contributed by atoms with Crippen LogP contribution in [0.2, 0.25) is 0 Å². The van der Waals surface area contributed by atoms with Crippen molar-refractivity contribution in [2.75, 3.05) is 0 Å². The summed E-state index contributed by atoms with van der Waals surface area (Å²) in [5.41, 5.74) is 3.52. The molecule has 0 saturated carbocycles. The first kappa shape index (κ1) is 18.2. The highest BCUT2D eigenvalue weighted by molar-refractivity contribution is 5.79. The number of benzene rings is 2. The van der Waals surface area contributed by atoms with E-state index in [2.05, 4.69) is 16.7 Å². The van der Waals surface area contributed by atoms with Crippen molar-refractivity contribution in [3.8, 4) is 6.07 Å². The summed E-state index contributed by atoms with van der Waals surface area (Å²) in [6.07, 6.45) is 0.166. The number of rotatable bonds is 6. The number of carbonyl (C=O) groups is 2. The fraction of sp³-hybridized carbons (Fsp3) is 0.250. The minimum absolute atomic E-state index is 0.149. The molecule has 0 aliphatic rings. The molecule has 5 nitrogen and oxygen atoms in total. The summed E-state index contributed by atoms with van der Waals surface area (Å²) >= 11 is 0. The van der Waals surface area contributed by atoms with E-state index in [-0.39, 0.29) is 24.3 Å². The van der Waals surface area contributed by atoms with E-state index in [1.165, 1.54) is 6.92 Å². The number of nitriles is 1. The van der Waals surface area contributed by atoms with E-state index < -0.39 is 0 Å². The van der Waals surface area contributed by atoms with Crippen molar-refractivity contribution in [3.63, 3.8) is 0 Å². The van der Waals surface area contributed by atoms with Gasteiger partial charge in [-0.25, -0.2) is 0 Å². The van der Waals surface area contributed by atoms with E-state index in [0.29, 0.717) is 12.1 Å². The number of hydrogen-bond donors (Lipinski definition) is 2. The van der Waals surface area contributed by atoms with Crippen molar-refractivity contribution in [1.29, 1.82) is 5.26 Å². The Hall–Kier alpha value is -3.13. The lowest BCUT2D eigenvalue weighted by Gasteiger charge is -2.18. The first-order chi connectivity index (χ1) is 12.0. The highest BCUT2D eigenvalue weighted by atomic mass is 16.2. The van der Waals surface area contributed by atoms with Crippen molar-refractivity contribution < 1.29 is 9.59 Å². The van der Waals surface area contributed by atoms with Gasteiger partial charge in [-0.3, -0.25) is 9.59 Å². The third-order valence-electron chi connectivity index (χ3n) is 3.82. The van der Waals surface area contributed by atoms with Crippen molar-refractivity contribution in [2.24, 2.45) is 0 Å². The Bertz CT molecular complexity index is 774. The van der Waals surface area contributed by atoms with Gasteiger partial charge in [-0.05, 0) is 30.2 Å². The number of amides is 2. The van der Waals surface area contributed by atoms with Crippen LogP contribution in [0.5, 0.6) is 0 Å². The van der Waals surface area contributed by atoms with Gasteiger partial charge in [0, 0.05) is 13.5 Å². The van der Waals surface area contributed by atoms with Crippen LogP contribution in [0.4, 0.5) is 0 Å². The summed E-state index contributed by atoms with van der Waals surface area (Å²) in [4.78, 5) is 23.7. The first-order valence-corrected chi connectivity index (χ1v) is 8.07. The Labute approximate surface area is 147 Å². The lowest BCUT2D eigenvalue weighted by atomic mass is 10.0. The fourth-order valence-corrected chi connectivity index (χ4v) is 2.45. The molecule has 0 heterocycles. The minimum Gasteiger partial charge on any atom is -0.352 e. The minimum atomic E-state index is -0.362. The standard InChI is InChI=1S/C20H21N3O2/c1-14-3-9-18(10-4-14)19(23-15(2)24)11-20(25)22-13-17-7-5-16(12-21)6-8-17/h3-10,19H,11,13H2,1-2H3,(H,22,25)(H,23,24). The molecule has 0 radical (unpaired) electrons. The summed E-state index contributed by atoms with van der Waals surface area (Å²) in [6.45, 7) is 3.81. The van der Waals surface area contributed by atoms with Crippen molar-refractivity contribution >= 4 is 11.8 Å². The Balaban J connectivity index is 1.97. The molecule has 1 atom stereocenters. The molecule has 0 aromatic heterocycles. The zero-order valence-electron chi connectivity index (χ0n) is 14.4. The van der Waals surface area contributed by atoms with Crippen LogP contribution >= 0.6 is 0 Å². The van der Waals surface area contributed by atoms with Gasteiger partial charge in [0.1, 0.15) is 0 Å². The highest BCUT2D eigenvalue weighted by Gasteiger charge is 2.16. The summed E-state index contributed by atoms with van der Waals surface area (Å²) in [5.74, 6) is -0.325. The molecule has 1 unspecified atom stereocenters. The van der Waals surface area contributed by atoms with Crippen LogP contribution in [0.1, 0.15) is 41.6 Å². The highest BCUT2D eigenvalue weighted by Crippen LogP contribution is 2.17. The van der Waals surface area contributed by atoms with Crippen LogP contribution in [0.3, 0.4) is 0 Å². The topological polar surface area (TPSA) is 82.0 Å². The zero-order chi connectivity index (χ0) is 18.2. The summed E-state index contributed by atoms with van der Waals surface area (Å²) < 4.78 is 0. The molecule has 0 aliphatic heterocycles. The van der Waals surface area contributed by atoms with Crippen LogP contribution in [0, 0.1) is 18.3 Å². The quantitative estimate of drug-likeness (QED) is 0.851. The summed E-state index contributed by atoms with van der Waals surface area (Å²) in [5, 5.41) is 14.5. The average molecular weight is 335 g/mol. The molecule has 2 amide bonds. The van der Waals surface area contributed by atoms with Crippen LogP contribution < -0.4 is 10.6 Å². The Morgan fingerprint density at radius 1 is 1.08 bits per heavy atom. The van der Waals surface area contributed by atoms with Gasteiger partial charge in [0.15, 0.2) is 0 Å². The predicted molar refractivity (Wildman–Crippen MR) is 95.4 cm³/mol. The van der Waals surface area contributed by atoms with Crippen LogP contribution in [-0.4, -0.2) is 11.8 Å². The smallest absolute Gasteiger partial charge is 0.222 e. The molecule has 2 rings (SSSR count). The van der Waals surface area contributed by atoms with Gasteiger partial charge < -0.3 is 10.6 Å². The van der Waals surface area contributed by atoms with Gasteiger partial charge in [-0.1, -0.05) is 42.0 Å². The maximum Gasteiger partial charge on any atom is 0.222 e. The maximum absolute atomic E-state index is 12.3. The second-order valence-electron chi connectivity index (χ2n) is 5.95. The van der Waals surface area contributed by atoms with E-state index in [0.717, 1.165) is 16.7 Å². The second-order valence-corrected chi connectivity index (χ2v) is 5.95. The summed E-state index contributed by atoms with van der Waals surface area (Å²) in [6, 6.07) is 16.5. The molecule has 0 spiro atoms. The van der Waals surface area contributed by atoms with Gasteiger partial charge >= 0.3 is 0 Å². The van der Waals surface area contributed by atoms with Gasteiger partial charge in [0.25, 0.3) is 0 Å². The summed E-state index contributed by atoms with van der Waals surface area (Å²) in [7, 11) is 0. The van der Waals surface area contributed by atoms with Crippen LogP contribution in [-0.2, 0) is 16.1 Å². The molecule has 2 N–H and O–H groups in total. The molecule has 0 fully saturated rings. The average Bonchev–Trinajstić information content (AvgIpc) is 2.60. The number of aryl methyl sites for hydroxylation is 1. The number of carbonyl (C=O) groups excluding carboxylic acids is 2. The molecule has 0 aliphatic carbocycles. The van der Waals surface area contributed by atoms with Gasteiger partial charge in [0.05, 0.1) is 24.1 Å². The van der Waals surface area contributed by atoms with E-state index >= 15 is 0 Å². The monoisotopic (exact) mass is 335 g/mol. The normalized spacial score (nSPS) is 11.2. The predicted octanol–water partition coefficient (Wildman–Crippen LogP) is 2.75. The van der Waals surface area contributed by atoms with E-state index in [1.54, 1.807) is 12.1 Å². The second kappa shape index (κ2) is 8.65. The molecule has 5 heteroatoms. The van der Waals surface area contributed by atoms with E-state index in [9.17, 15) is 9.59 Å². The van der Waals surface area contributed by atoms with E-state index in [4.69, 9.17) is 5.26 Å². The van der Waals surface area contributed by atoms with E-state index in [1.807, 2.05) is 43.3 Å². The van der Waals surface area contributed by atoms with Gasteiger partial charge in [0.2, 0.25) is 11.8 Å². The lowest BCUT2D eigenvalue weighted by Crippen LogP contribution is -2.32. The van der Waals surface area contributed by atoms with Crippen LogP contribution in [0.25, 0.3) is 0 Å². The molecule has 2 aromatic carbocycles. The molecule has 25 heavy (non-hydrogen) atoms. The Morgan fingerprint density at radius 3 is 2.28 bits per heavy atom. The van der Waals surface area contributed by atoms with Crippen molar-refractivity contribution in [1.82, 2.24) is 10.6 Å². The number of hydrogen-bond acceptors (Lipinski definition) is 3. The van der Waals surface area contributed by atoms with Crippen molar-refractivity contribution in [3.05, 3.63) is 70.8 Å². The molecule has 128 valence electrons. The SMILES string of the molecule is CC(=O)NC(CC(=O)NCc1ccc(C#N)cc1)c1ccc(C)cc1. The number of nitrogens with one attached hydrogen (secondary N) is 2.